The molecule has 126 valence electrons. The molecule has 0 aromatic rings. The third-order valence-electron chi connectivity index (χ3n) is 3.91. The van der Waals surface area contributed by atoms with E-state index in [0.29, 0.717) is 36.8 Å². The first kappa shape index (κ1) is 18.8. The summed E-state index contributed by atoms with van der Waals surface area (Å²) in [6.07, 6.45) is 1.42. The van der Waals surface area contributed by atoms with Crippen LogP contribution in [0.2, 0.25) is 0 Å². The van der Waals surface area contributed by atoms with Crippen LogP contribution >= 0.6 is 11.8 Å². The number of rotatable bonds is 8. The van der Waals surface area contributed by atoms with Crippen molar-refractivity contribution in [2.45, 2.75) is 58.5 Å². The third-order valence-corrected chi connectivity index (χ3v) is 4.92. The highest BCUT2D eigenvalue weighted by atomic mass is 32.2. The van der Waals surface area contributed by atoms with E-state index in [9.17, 15) is 14.4 Å². The predicted molar refractivity (Wildman–Crippen MR) is 86.5 cm³/mol. The predicted octanol–water partition coefficient (Wildman–Crippen LogP) is 1.69. The average molecular weight is 330 g/mol. The standard InChI is InChI=1S/C15H26N2O4S/c1-10(2)11(3)16-15(21)12-8-22-9-17(12)13(18)6-4-5-7-14(19)20/h10-12H,4-9H2,1-3H3,(H,16,21)(H,19,20). The summed E-state index contributed by atoms with van der Waals surface area (Å²) < 4.78 is 0. The van der Waals surface area contributed by atoms with Gasteiger partial charge in [-0.3, -0.25) is 14.4 Å². The Kier molecular flexibility index (Phi) is 7.72. The van der Waals surface area contributed by atoms with Crippen molar-refractivity contribution >= 4 is 29.5 Å². The second kappa shape index (κ2) is 9.02. The first-order valence-corrected chi connectivity index (χ1v) is 8.87. The Bertz CT molecular complexity index is 414. The monoisotopic (exact) mass is 330 g/mol. The van der Waals surface area contributed by atoms with E-state index in [1.54, 1.807) is 16.7 Å². The van der Waals surface area contributed by atoms with Crippen LogP contribution in [0.25, 0.3) is 0 Å². The van der Waals surface area contributed by atoms with Gasteiger partial charge in [-0.05, 0) is 25.7 Å². The molecule has 0 bridgehead atoms. The van der Waals surface area contributed by atoms with E-state index in [2.05, 4.69) is 5.32 Å². The highest BCUT2D eigenvalue weighted by molar-refractivity contribution is 7.99. The lowest BCUT2D eigenvalue weighted by Crippen LogP contribution is -2.50. The topological polar surface area (TPSA) is 86.7 Å². The molecule has 1 aliphatic rings. The van der Waals surface area contributed by atoms with Crippen LogP contribution in [0.4, 0.5) is 0 Å². The molecule has 2 atom stereocenters. The number of nitrogens with one attached hydrogen (secondary N) is 1. The summed E-state index contributed by atoms with van der Waals surface area (Å²) in [6, 6.07) is -0.330. The molecule has 2 unspecified atom stereocenters. The fraction of sp³-hybridized carbons (Fsp3) is 0.800. The van der Waals surface area contributed by atoms with Crippen molar-refractivity contribution < 1.29 is 19.5 Å². The first-order chi connectivity index (χ1) is 10.3. The average Bonchev–Trinajstić information content (AvgIpc) is 2.92. The molecule has 1 heterocycles. The molecule has 2 amide bonds. The molecule has 1 saturated heterocycles. The second-order valence-electron chi connectivity index (χ2n) is 6.02. The number of carboxylic acids is 1. The maximum Gasteiger partial charge on any atom is 0.303 e. The number of hydrogen-bond acceptors (Lipinski definition) is 4. The Morgan fingerprint density at radius 3 is 2.45 bits per heavy atom. The highest BCUT2D eigenvalue weighted by Gasteiger charge is 2.34. The SMILES string of the molecule is CC(C)C(C)NC(=O)C1CSCN1C(=O)CCCCC(=O)O. The molecule has 0 aromatic carbocycles. The minimum absolute atomic E-state index is 0.0623. The summed E-state index contributed by atoms with van der Waals surface area (Å²) in [6.45, 7) is 6.04. The van der Waals surface area contributed by atoms with Gasteiger partial charge in [0.2, 0.25) is 11.8 Å². The van der Waals surface area contributed by atoms with Gasteiger partial charge < -0.3 is 15.3 Å². The molecular weight excluding hydrogens is 304 g/mol. The van der Waals surface area contributed by atoms with Crippen molar-refractivity contribution in [2.75, 3.05) is 11.6 Å². The third kappa shape index (κ3) is 5.87. The van der Waals surface area contributed by atoms with Crippen LogP contribution in [0.1, 0.15) is 46.5 Å². The summed E-state index contributed by atoms with van der Waals surface area (Å²) in [7, 11) is 0. The molecule has 1 rings (SSSR count). The van der Waals surface area contributed by atoms with Crippen LogP contribution in [0.3, 0.4) is 0 Å². The number of carboxylic acid groups (broad SMARTS) is 1. The van der Waals surface area contributed by atoms with Crippen LogP contribution in [0.5, 0.6) is 0 Å². The Balaban J connectivity index is 2.46. The molecule has 6 nitrogen and oxygen atoms in total. The Morgan fingerprint density at radius 1 is 1.23 bits per heavy atom. The molecular formula is C15H26N2O4S. The zero-order valence-corrected chi connectivity index (χ0v) is 14.3. The maximum atomic E-state index is 12.3. The number of unbranched alkanes of at least 4 members (excludes halogenated alkanes) is 1. The lowest BCUT2D eigenvalue weighted by Gasteiger charge is -2.26. The fourth-order valence-corrected chi connectivity index (χ4v) is 3.27. The molecule has 0 aromatic heterocycles. The summed E-state index contributed by atoms with van der Waals surface area (Å²) in [4.78, 5) is 36.6. The van der Waals surface area contributed by atoms with E-state index >= 15 is 0 Å². The molecule has 22 heavy (non-hydrogen) atoms. The number of carbonyl (C=O) groups excluding carboxylic acids is 2. The van der Waals surface area contributed by atoms with Crippen LogP contribution < -0.4 is 5.32 Å². The van der Waals surface area contributed by atoms with Gasteiger partial charge >= 0.3 is 5.97 Å². The van der Waals surface area contributed by atoms with Crippen LogP contribution in [-0.2, 0) is 14.4 Å². The minimum Gasteiger partial charge on any atom is -0.481 e. The van der Waals surface area contributed by atoms with Crippen molar-refractivity contribution in [2.24, 2.45) is 5.92 Å². The van der Waals surface area contributed by atoms with Gasteiger partial charge in [0.15, 0.2) is 0 Å². The van der Waals surface area contributed by atoms with E-state index in [4.69, 9.17) is 5.11 Å². The fourth-order valence-electron chi connectivity index (χ4n) is 2.09. The van der Waals surface area contributed by atoms with Crippen molar-refractivity contribution in [3.05, 3.63) is 0 Å². The molecule has 0 radical (unpaired) electrons. The van der Waals surface area contributed by atoms with Gasteiger partial charge in [-0.15, -0.1) is 11.8 Å². The van der Waals surface area contributed by atoms with Crippen molar-refractivity contribution in [3.8, 4) is 0 Å². The highest BCUT2D eigenvalue weighted by Crippen LogP contribution is 2.23. The van der Waals surface area contributed by atoms with Crippen molar-refractivity contribution in [1.29, 1.82) is 0 Å². The Morgan fingerprint density at radius 2 is 1.86 bits per heavy atom. The lowest BCUT2D eigenvalue weighted by atomic mass is 10.1. The van der Waals surface area contributed by atoms with Crippen LogP contribution in [0, 0.1) is 5.92 Å². The quantitative estimate of drug-likeness (QED) is 0.661. The van der Waals surface area contributed by atoms with E-state index in [1.807, 2.05) is 20.8 Å². The summed E-state index contributed by atoms with van der Waals surface area (Å²) in [5.41, 5.74) is 0. The Hall–Kier alpha value is -1.24. The number of nitrogens with zero attached hydrogens (tertiary/aromatic N) is 1. The summed E-state index contributed by atoms with van der Waals surface area (Å²) in [5.74, 6) is 0.503. The van der Waals surface area contributed by atoms with Crippen molar-refractivity contribution in [3.63, 3.8) is 0 Å². The molecule has 0 saturated carbocycles. The molecule has 2 N–H and O–H groups in total. The molecule has 7 heteroatoms. The Labute approximate surface area is 136 Å². The number of thioether (sulfide) groups is 1. The number of aliphatic carboxylic acids is 1. The first-order valence-electron chi connectivity index (χ1n) is 7.72. The summed E-state index contributed by atoms with van der Waals surface area (Å²) in [5, 5.41) is 11.5. The van der Waals surface area contributed by atoms with E-state index < -0.39 is 12.0 Å². The minimum atomic E-state index is -0.843. The smallest absolute Gasteiger partial charge is 0.303 e. The zero-order chi connectivity index (χ0) is 16.7. The zero-order valence-electron chi connectivity index (χ0n) is 13.5. The van der Waals surface area contributed by atoms with E-state index in [1.165, 1.54) is 0 Å². The van der Waals surface area contributed by atoms with E-state index in [-0.39, 0.29) is 24.3 Å². The largest absolute Gasteiger partial charge is 0.481 e. The van der Waals surface area contributed by atoms with Crippen molar-refractivity contribution in [1.82, 2.24) is 10.2 Å². The van der Waals surface area contributed by atoms with Crippen LogP contribution in [-0.4, -0.2) is 51.5 Å². The van der Waals surface area contributed by atoms with Gasteiger partial charge in [-0.2, -0.15) is 0 Å². The van der Waals surface area contributed by atoms with Gasteiger partial charge in [0.1, 0.15) is 6.04 Å². The molecule has 0 aliphatic carbocycles. The maximum absolute atomic E-state index is 12.3. The molecule has 1 aliphatic heterocycles. The molecule has 0 spiro atoms. The van der Waals surface area contributed by atoms with Gasteiger partial charge in [-0.25, -0.2) is 0 Å². The van der Waals surface area contributed by atoms with E-state index in [0.717, 1.165) is 0 Å². The van der Waals surface area contributed by atoms with Crippen LogP contribution in [0.15, 0.2) is 0 Å². The van der Waals surface area contributed by atoms with Gasteiger partial charge in [-0.1, -0.05) is 13.8 Å². The number of hydrogen-bond donors (Lipinski definition) is 2. The number of amides is 2. The normalized spacial score (nSPS) is 19.3. The number of carbonyl (C=O) groups is 3. The van der Waals surface area contributed by atoms with Gasteiger partial charge in [0.25, 0.3) is 0 Å². The second-order valence-corrected chi connectivity index (χ2v) is 7.02. The van der Waals surface area contributed by atoms with Gasteiger partial charge in [0, 0.05) is 24.6 Å². The molecule has 1 fully saturated rings. The van der Waals surface area contributed by atoms with Gasteiger partial charge in [0.05, 0.1) is 5.88 Å². The summed E-state index contributed by atoms with van der Waals surface area (Å²) >= 11 is 1.58. The lowest BCUT2D eigenvalue weighted by molar-refractivity contribution is -0.139.